The second kappa shape index (κ2) is 5.24. The molecule has 0 heterocycles. The van der Waals surface area contributed by atoms with Gasteiger partial charge >= 0.3 is 0 Å². The number of anilines is 1. The average Bonchev–Trinajstić information content (AvgIpc) is 3.12. The molecule has 2 rings (SSSR count). The lowest BCUT2D eigenvalue weighted by Crippen LogP contribution is -2.31. The number of nitro groups is 1. The van der Waals surface area contributed by atoms with Crippen LogP contribution in [-0.2, 0) is 0 Å². The van der Waals surface area contributed by atoms with E-state index in [4.69, 9.17) is 5.73 Å². The van der Waals surface area contributed by atoms with E-state index in [0.717, 1.165) is 5.69 Å². The zero-order valence-corrected chi connectivity index (χ0v) is 11.7. The zero-order valence-electron chi connectivity index (χ0n) is 10.1. The first-order valence-electron chi connectivity index (χ1n) is 5.93. The van der Waals surface area contributed by atoms with Crippen LogP contribution in [0.1, 0.15) is 18.4 Å². The normalized spacial score (nSPS) is 16.4. The van der Waals surface area contributed by atoms with Crippen LogP contribution in [0.4, 0.5) is 11.4 Å². The number of nitrogens with zero attached hydrogens (tertiary/aromatic N) is 1. The molecule has 6 heteroatoms. The minimum Gasteiger partial charge on any atom is -0.383 e. The molecule has 3 N–H and O–H groups in total. The second-order valence-electron chi connectivity index (χ2n) is 4.76. The van der Waals surface area contributed by atoms with Crippen LogP contribution in [0.2, 0.25) is 0 Å². The van der Waals surface area contributed by atoms with Gasteiger partial charge in [0, 0.05) is 34.4 Å². The third kappa shape index (κ3) is 3.00. The Labute approximate surface area is 114 Å². The van der Waals surface area contributed by atoms with Gasteiger partial charge in [-0.25, -0.2) is 0 Å². The molecule has 1 aliphatic rings. The predicted molar refractivity (Wildman–Crippen MR) is 74.7 cm³/mol. The van der Waals surface area contributed by atoms with E-state index in [9.17, 15) is 10.1 Å². The van der Waals surface area contributed by atoms with Crippen LogP contribution < -0.4 is 11.1 Å². The molecule has 1 aliphatic carbocycles. The summed E-state index contributed by atoms with van der Waals surface area (Å²) in [6.07, 6.45) is 2.42. The fraction of sp³-hybridized carbons (Fsp3) is 0.500. The number of aryl methyl sites for hydroxylation is 1. The molecule has 1 fully saturated rings. The van der Waals surface area contributed by atoms with Crippen LogP contribution in [0.3, 0.4) is 0 Å². The molecule has 0 amide bonds. The summed E-state index contributed by atoms with van der Waals surface area (Å²) in [5.41, 5.74) is 7.63. The average molecular weight is 314 g/mol. The van der Waals surface area contributed by atoms with Gasteiger partial charge in [0.05, 0.1) is 4.92 Å². The van der Waals surface area contributed by atoms with Gasteiger partial charge in [-0.15, -0.1) is 0 Å². The lowest BCUT2D eigenvalue weighted by molar-refractivity contribution is -0.385. The Morgan fingerprint density at radius 3 is 2.83 bits per heavy atom. The Bertz CT molecular complexity index is 475. The number of hydrogen-bond donors (Lipinski definition) is 2. The third-order valence-electron chi connectivity index (χ3n) is 3.24. The third-order valence-corrected chi connectivity index (χ3v) is 3.89. The number of hydrogen-bond acceptors (Lipinski definition) is 4. The number of nitro benzene ring substituents is 1. The maximum atomic E-state index is 10.8. The van der Waals surface area contributed by atoms with Gasteiger partial charge in [0.2, 0.25) is 0 Å². The molecule has 1 aromatic carbocycles. The standard InChI is InChI=1S/C12H16BrN3O2/c1-7-4-11(9(13)5-12(7)16(17)18)15-6-10(14)8-2-3-8/h4-5,8,10,15H,2-3,6,14H2,1H3. The summed E-state index contributed by atoms with van der Waals surface area (Å²) in [6.45, 7) is 2.43. The van der Waals surface area contributed by atoms with Gasteiger partial charge in [-0.2, -0.15) is 0 Å². The van der Waals surface area contributed by atoms with Crippen LogP contribution in [0.25, 0.3) is 0 Å². The summed E-state index contributed by atoms with van der Waals surface area (Å²) >= 11 is 3.34. The monoisotopic (exact) mass is 313 g/mol. The van der Waals surface area contributed by atoms with Crippen molar-refractivity contribution in [3.63, 3.8) is 0 Å². The van der Waals surface area contributed by atoms with Crippen LogP contribution in [-0.4, -0.2) is 17.5 Å². The van der Waals surface area contributed by atoms with E-state index >= 15 is 0 Å². The Balaban J connectivity index is 2.08. The van der Waals surface area contributed by atoms with Gasteiger partial charge in [0.15, 0.2) is 0 Å². The molecule has 1 aromatic rings. The first kappa shape index (κ1) is 13.3. The zero-order chi connectivity index (χ0) is 13.3. The van der Waals surface area contributed by atoms with Gasteiger partial charge in [-0.3, -0.25) is 10.1 Å². The predicted octanol–water partition coefficient (Wildman–Crippen LogP) is 2.81. The Morgan fingerprint density at radius 2 is 2.28 bits per heavy atom. The number of nitrogens with one attached hydrogen (secondary N) is 1. The molecule has 98 valence electrons. The van der Waals surface area contributed by atoms with Gasteiger partial charge in [0.25, 0.3) is 5.69 Å². The molecule has 0 bridgehead atoms. The van der Waals surface area contributed by atoms with Crippen molar-refractivity contribution in [2.45, 2.75) is 25.8 Å². The van der Waals surface area contributed by atoms with E-state index in [2.05, 4.69) is 21.2 Å². The summed E-state index contributed by atoms with van der Waals surface area (Å²) in [6, 6.07) is 3.47. The van der Waals surface area contributed by atoms with Crippen molar-refractivity contribution in [1.29, 1.82) is 0 Å². The fourth-order valence-corrected chi connectivity index (χ4v) is 2.39. The summed E-state index contributed by atoms with van der Waals surface area (Å²) in [4.78, 5) is 10.4. The Hall–Kier alpha value is -1.14. The topological polar surface area (TPSA) is 81.2 Å². The lowest BCUT2D eigenvalue weighted by atomic mass is 10.1. The van der Waals surface area contributed by atoms with E-state index in [1.807, 2.05) is 0 Å². The number of nitrogens with two attached hydrogens (primary N) is 1. The summed E-state index contributed by atoms with van der Waals surface area (Å²) in [7, 11) is 0. The number of benzene rings is 1. The highest BCUT2D eigenvalue weighted by molar-refractivity contribution is 9.10. The highest BCUT2D eigenvalue weighted by Crippen LogP contribution is 2.33. The van der Waals surface area contributed by atoms with Crippen molar-refractivity contribution in [2.75, 3.05) is 11.9 Å². The van der Waals surface area contributed by atoms with E-state index in [1.54, 1.807) is 13.0 Å². The van der Waals surface area contributed by atoms with Gasteiger partial charge in [0.1, 0.15) is 0 Å². The SMILES string of the molecule is Cc1cc(NCC(N)C2CC2)c(Br)cc1[N+](=O)[O-]. The largest absolute Gasteiger partial charge is 0.383 e. The van der Waals surface area contributed by atoms with Crippen molar-refractivity contribution in [3.05, 3.63) is 32.3 Å². The molecular formula is C12H16BrN3O2. The molecule has 0 spiro atoms. The molecule has 0 saturated heterocycles. The maximum absolute atomic E-state index is 10.8. The molecule has 5 nitrogen and oxygen atoms in total. The summed E-state index contributed by atoms with van der Waals surface area (Å²) < 4.78 is 0.697. The van der Waals surface area contributed by atoms with Crippen molar-refractivity contribution < 1.29 is 4.92 Å². The van der Waals surface area contributed by atoms with Gasteiger partial charge in [-0.1, -0.05) is 0 Å². The highest BCUT2D eigenvalue weighted by atomic mass is 79.9. The quantitative estimate of drug-likeness (QED) is 0.647. The summed E-state index contributed by atoms with van der Waals surface area (Å²) in [5, 5.41) is 14.0. The van der Waals surface area contributed by atoms with Crippen molar-refractivity contribution >= 4 is 27.3 Å². The van der Waals surface area contributed by atoms with Crippen LogP contribution in [0, 0.1) is 23.0 Å². The summed E-state index contributed by atoms with van der Waals surface area (Å²) in [5.74, 6) is 0.635. The van der Waals surface area contributed by atoms with Crippen molar-refractivity contribution in [3.8, 4) is 0 Å². The van der Waals surface area contributed by atoms with E-state index in [1.165, 1.54) is 18.9 Å². The maximum Gasteiger partial charge on any atom is 0.273 e. The van der Waals surface area contributed by atoms with Crippen molar-refractivity contribution in [1.82, 2.24) is 0 Å². The fourth-order valence-electron chi connectivity index (χ4n) is 1.92. The molecular weight excluding hydrogens is 298 g/mol. The first-order valence-corrected chi connectivity index (χ1v) is 6.72. The second-order valence-corrected chi connectivity index (χ2v) is 5.61. The number of halogens is 1. The Morgan fingerprint density at radius 1 is 1.61 bits per heavy atom. The highest BCUT2D eigenvalue weighted by Gasteiger charge is 2.28. The van der Waals surface area contributed by atoms with Crippen molar-refractivity contribution in [2.24, 2.45) is 11.7 Å². The molecule has 1 unspecified atom stereocenters. The number of rotatable bonds is 5. The molecule has 0 aliphatic heterocycles. The first-order chi connectivity index (χ1) is 8.49. The van der Waals surface area contributed by atoms with E-state index < -0.39 is 0 Å². The molecule has 18 heavy (non-hydrogen) atoms. The van der Waals surface area contributed by atoms with Crippen LogP contribution >= 0.6 is 15.9 Å². The molecule has 1 saturated carbocycles. The van der Waals surface area contributed by atoms with Gasteiger partial charge < -0.3 is 11.1 Å². The Kier molecular flexibility index (Phi) is 3.87. The van der Waals surface area contributed by atoms with Crippen LogP contribution in [0.15, 0.2) is 16.6 Å². The lowest BCUT2D eigenvalue weighted by Gasteiger charge is -2.14. The van der Waals surface area contributed by atoms with Crippen LogP contribution in [0.5, 0.6) is 0 Å². The smallest absolute Gasteiger partial charge is 0.273 e. The molecule has 0 aromatic heterocycles. The van der Waals surface area contributed by atoms with Gasteiger partial charge in [-0.05, 0) is 47.7 Å². The van der Waals surface area contributed by atoms with E-state index in [-0.39, 0.29) is 16.7 Å². The minimum atomic E-state index is -0.375. The minimum absolute atomic E-state index is 0.124. The van der Waals surface area contributed by atoms with E-state index in [0.29, 0.717) is 22.5 Å². The molecule has 1 atom stereocenters. The molecule has 0 radical (unpaired) electrons.